The monoisotopic (exact) mass is 250 g/mol. The lowest BCUT2D eigenvalue weighted by atomic mass is 10.1. The van der Waals surface area contributed by atoms with Gasteiger partial charge in [0.05, 0.1) is 0 Å². The Morgan fingerprint density at radius 2 is 2.24 bits per heavy atom. The van der Waals surface area contributed by atoms with Crippen molar-refractivity contribution in [3.8, 4) is 0 Å². The van der Waals surface area contributed by atoms with Crippen molar-refractivity contribution < 1.29 is 0 Å². The summed E-state index contributed by atoms with van der Waals surface area (Å²) in [6.45, 7) is 1.01. The van der Waals surface area contributed by atoms with Crippen molar-refractivity contribution in [1.82, 2.24) is 9.97 Å². The molecule has 1 saturated heterocycles. The molecule has 1 aromatic rings. The molecule has 17 heavy (non-hydrogen) atoms. The molecule has 2 aliphatic rings. The van der Waals surface area contributed by atoms with Crippen LogP contribution in [0.25, 0.3) is 0 Å². The molecule has 0 bridgehead atoms. The quantitative estimate of drug-likeness (QED) is 0.857. The average molecular weight is 250 g/mol. The number of thioether (sulfide) groups is 1. The van der Waals surface area contributed by atoms with E-state index >= 15 is 0 Å². The molecule has 4 nitrogen and oxygen atoms in total. The van der Waals surface area contributed by atoms with E-state index in [2.05, 4.69) is 15.3 Å². The summed E-state index contributed by atoms with van der Waals surface area (Å²) >= 11 is 2.04. The van der Waals surface area contributed by atoms with Crippen molar-refractivity contribution in [2.45, 2.75) is 25.2 Å². The molecule has 2 fully saturated rings. The van der Waals surface area contributed by atoms with Gasteiger partial charge in [0.1, 0.15) is 17.5 Å². The number of hydrogen-bond acceptors (Lipinski definition) is 5. The number of nitrogens with two attached hydrogens (primary N) is 1. The number of nitrogens with zero attached hydrogens (tertiary/aromatic N) is 2. The highest BCUT2D eigenvalue weighted by Gasteiger charge is 2.27. The third-order valence-corrected chi connectivity index (χ3v) is 4.53. The lowest BCUT2D eigenvalue weighted by molar-refractivity contribution is 0.630. The van der Waals surface area contributed by atoms with Crippen molar-refractivity contribution in [2.24, 2.45) is 5.92 Å². The second-order valence-electron chi connectivity index (χ2n) is 4.92. The summed E-state index contributed by atoms with van der Waals surface area (Å²) in [5, 5.41) is 3.41. The van der Waals surface area contributed by atoms with Gasteiger partial charge in [-0.25, -0.2) is 9.97 Å². The van der Waals surface area contributed by atoms with Crippen molar-refractivity contribution in [3.63, 3.8) is 0 Å². The van der Waals surface area contributed by atoms with Gasteiger partial charge < -0.3 is 11.1 Å². The highest BCUT2D eigenvalue weighted by Crippen LogP contribution is 2.38. The SMILES string of the molecule is Nc1cc(NCC2CCSC2)nc(C2CC2)n1. The number of nitrogen functional groups attached to an aromatic ring is 1. The third-order valence-electron chi connectivity index (χ3n) is 3.30. The summed E-state index contributed by atoms with van der Waals surface area (Å²) in [5.74, 6) is 6.31. The minimum absolute atomic E-state index is 0.557. The molecule has 3 N–H and O–H groups in total. The van der Waals surface area contributed by atoms with Crippen LogP contribution in [0.3, 0.4) is 0 Å². The van der Waals surface area contributed by atoms with Crippen LogP contribution >= 0.6 is 11.8 Å². The Morgan fingerprint density at radius 1 is 1.35 bits per heavy atom. The summed E-state index contributed by atoms with van der Waals surface area (Å²) in [5.41, 5.74) is 5.81. The summed E-state index contributed by atoms with van der Waals surface area (Å²) in [6.07, 6.45) is 3.73. The van der Waals surface area contributed by atoms with Gasteiger partial charge in [-0.15, -0.1) is 0 Å². The maximum Gasteiger partial charge on any atom is 0.136 e. The van der Waals surface area contributed by atoms with E-state index in [4.69, 9.17) is 5.73 Å². The molecule has 0 spiro atoms. The molecule has 1 aliphatic heterocycles. The summed E-state index contributed by atoms with van der Waals surface area (Å²) in [7, 11) is 0. The standard InChI is InChI=1S/C12H18N4S/c13-10-5-11(14-6-8-3-4-17-7-8)16-12(15-10)9-1-2-9/h5,8-9H,1-4,6-7H2,(H3,13,14,15,16). The van der Waals surface area contributed by atoms with E-state index in [0.717, 1.165) is 24.1 Å². The molecule has 1 aromatic heterocycles. The van der Waals surface area contributed by atoms with Crippen molar-refractivity contribution in [2.75, 3.05) is 29.1 Å². The fraction of sp³-hybridized carbons (Fsp3) is 0.667. The smallest absolute Gasteiger partial charge is 0.136 e. The van der Waals surface area contributed by atoms with Gasteiger partial charge in [-0.1, -0.05) is 0 Å². The highest BCUT2D eigenvalue weighted by atomic mass is 32.2. The van der Waals surface area contributed by atoms with Crippen LogP contribution in [0.4, 0.5) is 11.6 Å². The normalized spacial score (nSPS) is 23.9. The van der Waals surface area contributed by atoms with E-state index in [1.807, 2.05) is 17.8 Å². The Kier molecular flexibility index (Phi) is 3.09. The summed E-state index contributed by atoms with van der Waals surface area (Å²) in [4.78, 5) is 8.85. The van der Waals surface area contributed by atoms with Crippen LogP contribution in [0.15, 0.2) is 6.07 Å². The molecule has 1 saturated carbocycles. The Morgan fingerprint density at radius 3 is 2.94 bits per heavy atom. The summed E-state index contributed by atoms with van der Waals surface area (Å²) < 4.78 is 0. The minimum Gasteiger partial charge on any atom is -0.384 e. The second kappa shape index (κ2) is 4.72. The zero-order valence-corrected chi connectivity index (χ0v) is 10.7. The molecule has 3 rings (SSSR count). The fourth-order valence-electron chi connectivity index (χ4n) is 2.09. The molecule has 1 atom stereocenters. The van der Waals surface area contributed by atoms with Gasteiger partial charge in [0.25, 0.3) is 0 Å². The molecule has 2 heterocycles. The van der Waals surface area contributed by atoms with Crippen LogP contribution in [0, 0.1) is 5.92 Å². The number of aromatic nitrogens is 2. The predicted octanol–water partition coefficient (Wildman–Crippen LogP) is 2.10. The number of hydrogen-bond donors (Lipinski definition) is 2. The molecule has 0 aromatic carbocycles. The van der Waals surface area contributed by atoms with Crippen LogP contribution in [0.2, 0.25) is 0 Å². The molecule has 1 unspecified atom stereocenters. The van der Waals surface area contributed by atoms with Gasteiger partial charge in [0.15, 0.2) is 0 Å². The Balaban J connectivity index is 1.64. The van der Waals surface area contributed by atoms with E-state index in [1.165, 1.54) is 30.8 Å². The zero-order valence-electron chi connectivity index (χ0n) is 9.85. The van der Waals surface area contributed by atoms with E-state index in [1.54, 1.807) is 0 Å². The topological polar surface area (TPSA) is 63.8 Å². The first-order valence-electron chi connectivity index (χ1n) is 6.27. The first-order valence-corrected chi connectivity index (χ1v) is 7.43. The van der Waals surface area contributed by atoms with Crippen LogP contribution in [0.5, 0.6) is 0 Å². The van der Waals surface area contributed by atoms with Gasteiger partial charge in [-0.05, 0) is 36.7 Å². The van der Waals surface area contributed by atoms with Crippen molar-refractivity contribution in [3.05, 3.63) is 11.9 Å². The van der Waals surface area contributed by atoms with E-state index in [0.29, 0.717) is 11.7 Å². The lowest BCUT2D eigenvalue weighted by Crippen LogP contribution is -2.15. The van der Waals surface area contributed by atoms with E-state index in [9.17, 15) is 0 Å². The van der Waals surface area contributed by atoms with Gasteiger partial charge in [0.2, 0.25) is 0 Å². The van der Waals surface area contributed by atoms with Crippen LogP contribution < -0.4 is 11.1 Å². The molecular formula is C12H18N4S. The second-order valence-corrected chi connectivity index (χ2v) is 6.07. The Hall–Kier alpha value is -0.970. The van der Waals surface area contributed by atoms with E-state index < -0.39 is 0 Å². The van der Waals surface area contributed by atoms with Crippen LogP contribution in [0.1, 0.15) is 31.0 Å². The van der Waals surface area contributed by atoms with Gasteiger partial charge in [-0.3, -0.25) is 0 Å². The molecule has 0 radical (unpaired) electrons. The zero-order chi connectivity index (χ0) is 11.7. The largest absolute Gasteiger partial charge is 0.384 e. The first kappa shape index (κ1) is 11.1. The molecule has 1 aliphatic carbocycles. The van der Waals surface area contributed by atoms with E-state index in [-0.39, 0.29) is 0 Å². The van der Waals surface area contributed by atoms with Crippen molar-refractivity contribution >= 4 is 23.4 Å². The van der Waals surface area contributed by atoms with Crippen LogP contribution in [-0.4, -0.2) is 28.0 Å². The molecule has 0 amide bonds. The lowest BCUT2D eigenvalue weighted by Gasteiger charge is -2.11. The Bertz CT molecular complexity index is 399. The Labute approximate surface area is 106 Å². The summed E-state index contributed by atoms with van der Waals surface area (Å²) in [6, 6.07) is 1.84. The predicted molar refractivity (Wildman–Crippen MR) is 72.3 cm³/mol. The number of anilines is 2. The van der Waals surface area contributed by atoms with Gasteiger partial charge >= 0.3 is 0 Å². The highest BCUT2D eigenvalue weighted by molar-refractivity contribution is 7.99. The molecular weight excluding hydrogens is 232 g/mol. The number of nitrogens with one attached hydrogen (secondary N) is 1. The fourth-order valence-corrected chi connectivity index (χ4v) is 3.38. The first-order chi connectivity index (χ1) is 8.31. The van der Waals surface area contributed by atoms with Crippen molar-refractivity contribution in [1.29, 1.82) is 0 Å². The van der Waals surface area contributed by atoms with Gasteiger partial charge in [-0.2, -0.15) is 11.8 Å². The average Bonchev–Trinajstić information content (AvgIpc) is 3.04. The third kappa shape index (κ3) is 2.83. The van der Waals surface area contributed by atoms with Crippen LogP contribution in [-0.2, 0) is 0 Å². The maximum atomic E-state index is 5.81. The maximum absolute atomic E-state index is 5.81. The molecule has 92 valence electrons. The minimum atomic E-state index is 0.557. The molecule has 5 heteroatoms. The van der Waals surface area contributed by atoms with Gasteiger partial charge in [0, 0.05) is 18.5 Å². The number of rotatable bonds is 4.